The monoisotopic (exact) mass is 325 g/mol. The highest BCUT2D eigenvalue weighted by molar-refractivity contribution is 6.74. The van der Waals surface area contributed by atoms with Crippen LogP contribution in [0, 0.1) is 0 Å². The van der Waals surface area contributed by atoms with Gasteiger partial charge in [-0.05, 0) is 31.6 Å². The van der Waals surface area contributed by atoms with Crippen molar-refractivity contribution in [2.45, 2.75) is 71.7 Å². The SMILES string of the molecule is CCCCCCN1B(C)N(C)C2N(B1C)c1ccccc1C2(C)C. The van der Waals surface area contributed by atoms with Gasteiger partial charge in [0.25, 0.3) is 6.98 Å². The predicted molar refractivity (Wildman–Crippen MR) is 108 cm³/mol. The Balaban J connectivity index is 1.88. The van der Waals surface area contributed by atoms with Crippen molar-refractivity contribution >= 4 is 19.7 Å². The van der Waals surface area contributed by atoms with Crippen molar-refractivity contribution in [3.05, 3.63) is 29.8 Å². The topological polar surface area (TPSA) is 9.72 Å². The van der Waals surface area contributed by atoms with Crippen LogP contribution in [0.2, 0.25) is 13.6 Å². The summed E-state index contributed by atoms with van der Waals surface area (Å²) in [6.07, 6.45) is 5.75. The largest absolute Gasteiger partial charge is 0.386 e. The van der Waals surface area contributed by atoms with Gasteiger partial charge >= 0.3 is 6.98 Å². The number of benzene rings is 1. The van der Waals surface area contributed by atoms with Gasteiger partial charge < -0.3 is 14.3 Å². The predicted octanol–water partition coefficient (Wildman–Crippen LogP) is 4.17. The van der Waals surface area contributed by atoms with Gasteiger partial charge in [0.1, 0.15) is 0 Å². The van der Waals surface area contributed by atoms with Crippen molar-refractivity contribution < 1.29 is 0 Å². The fourth-order valence-electron chi connectivity index (χ4n) is 4.98. The second kappa shape index (κ2) is 6.76. The van der Waals surface area contributed by atoms with Gasteiger partial charge in [0, 0.05) is 11.1 Å². The molecule has 0 bridgehead atoms. The summed E-state index contributed by atoms with van der Waals surface area (Å²) in [5.74, 6) is 0. The molecule has 0 amide bonds. The van der Waals surface area contributed by atoms with Gasteiger partial charge in [-0.2, -0.15) is 0 Å². The molecule has 2 aliphatic heterocycles. The Morgan fingerprint density at radius 2 is 1.75 bits per heavy atom. The van der Waals surface area contributed by atoms with Crippen molar-refractivity contribution in [1.29, 1.82) is 0 Å². The lowest BCUT2D eigenvalue weighted by Gasteiger charge is -2.54. The van der Waals surface area contributed by atoms with Crippen LogP contribution in [0.15, 0.2) is 24.3 Å². The van der Waals surface area contributed by atoms with E-state index in [1.165, 1.54) is 43.5 Å². The molecule has 0 spiro atoms. The molecule has 0 radical (unpaired) electrons. The molecule has 0 aliphatic carbocycles. The lowest BCUT2D eigenvalue weighted by Crippen LogP contribution is -2.74. The minimum Gasteiger partial charge on any atom is -0.386 e. The van der Waals surface area contributed by atoms with E-state index < -0.39 is 0 Å². The van der Waals surface area contributed by atoms with Gasteiger partial charge in [0.05, 0.1) is 6.17 Å². The number of anilines is 1. The first-order chi connectivity index (χ1) is 11.4. The van der Waals surface area contributed by atoms with Crippen molar-refractivity contribution in [2.24, 2.45) is 0 Å². The van der Waals surface area contributed by atoms with E-state index in [9.17, 15) is 0 Å². The molecule has 1 fully saturated rings. The molecule has 2 aliphatic rings. The van der Waals surface area contributed by atoms with E-state index in [1.807, 2.05) is 0 Å². The molecule has 1 aromatic carbocycles. The second-order valence-electron chi connectivity index (χ2n) is 8.25. The third kappa shape index (κ3) is 2.70. The van der Waals surface area contributed by atoms with Crippen LogP contribution in [0.1, 0.15) is 52.0 Å². The van der Waals surface area contributed by atoms with Crippen LogP contribution in [0.5, 0.6) is 0 Å². The van der Waals surface area contributed by atoms with Gasteiger partial charge in [-0.15, -0.1) is 0 Å². The third-order valence-electron chi connectivity index (χ3n) is 6.39. The van der Waals surface area contributed by atoms with Crippen LogP contribution in [0.25, 0.3) is 0 Å². The molecule has 1 unspecified atom stereocenters. The van der Waals surface area contributed by atoms with Gasteiger partial charge in [-0.3, -0.25) is 0 Å². The number of para-hydroxylation sites is 1. The zero-order chi connectivity index (χ0) is 17.5. The molecule has 3 nitrogen and oxygen atoms in total. The molecule has 1 aromatic rings. The van der Waals surface area contributed by atoms with Gasteiger partial charge in [0.2, 0.25) is 0 Å². The van der Waals surface area contributed by atoms with Crippen molar-refractivity contribution in [3.8, 4) is 0 Å². The average molecular weight is 325 g/mol. The zero-order valence-electron chi connectivity index (χ0n) is 16.4. The summed E-state index contributed by atoms with van der Waals surface area (Å²) < 4.78 is 2.68. The van der Waals surface area contributed by atoms with Crippen LogP contribution in [0.3, 0.4) is 0 Å². The van der Waals surface area contributed by atoms with E-state index in [4.69, 9.17) is 0 Å². The second-order valence-corrected chi connectivity index (χ2v) is 8.25. The lowest BCUT2D eigenvalue weighted by atomic mass is 9.55. The smallest absolute Gasteiger partial charge is 0.330 e. The summed E-state index contributed by atoms with van der Waals surface area (Å²) in [5.41, 5.74) is 3.08. The fourth-order valence-corrected chi connectivity index (χ4v) is 4.98. The summed E-state index contributed by atoms with van der Waals surface area (Å²) in [5, 5.41) is 0. The summed E-state index contributed by atoms with van der Waals surface area (Å²) >= 11 is 0. The maximum Gasteiger partial charge on any atom is 0.330 e. The molecule has 130 valence electrons. The Bertz CT molecular complexity index is 577. The molecule has 5 heteroatoms. The minimum atomic E-state index is 0.155. The number of unbranched alkanes of at least 4 members (excludes halogenated alkanes) is 3. The Labute approximate surface area is 149 Å². The van der Waals surface area contributed by atoms with Crippen molar-refractivity contribution in [3.63, 3.8) is 0 Å². The number of nitrogens with zero attached hydrogens (tertiary/aromatic N) is 3. The lowest BCUT2D eigenvalue weighted by molar-refractivity contribution is 0.253. The number of hydrogen-bond acceptors (Lipinski definition) is 3. The average Bonchev–Trinajstić information content (AvgIpc) is 2.80. The first kappa shape index (κ1) is 17.9. The van der Waals surface area contributed by atoms with Crippen LogP contribution in [-0.4, -0.2) is 43.3 Å². The zero-order valence-corrected chi connectivity index (χ0v) is 16.4. The van der Waals surface area contributed by atoms with Crippen LogP contribution < -0.4 is 4.81 Å². The first-order valence-corrected chi connectivity index (χ1v) is 9.76. The molecular formula is C19H33B2N3. The number of likely N-dealkylation sites (N-methyl/N-ethyl adjacent to an activating group) is 1. The normalized spacial score (nSPS) is 23.6. The van der Waals surface area contributed by atoms with E-state index in [2.05, 4.69) is 80.1 Å². The summed E-state index contributed by atoms with van der Waals surface area (Å²) in [7, 11) is 2.31. The van der Waals surface area contributed by atoms with Crippen molar-refractivity contribution in [1.82, 2.24) is 9.53 Å². The highest BCUT2D eigenvalue weighted by Crippen LogP contribution is 2.48. The van der Waals surface area contributed by atoms with E-state index in [0.717, 1.165) is 0 Å². The minimum absolute atomic E-state index is 0.155. The standard InChI is InChI=1S/C19H33B2N3/c1-7-8-9-12-15-23-20(4)22(6)18-19(2,3)16-13-10-11-14-17(16)24(18)21(23)5/h10-11,13-14,18H,7-9,12,15H2,1-6H3. The van der Waals surface area contributed by atoms with E-state index in [0.29, 0.717) is 20.1 Å². The van der Waals surface area contributed by atoms with Gasteiger partial charge in [-0.1, -0.05) is 71.9 Å². The molecule has 0 N–H and O–H groups in total. The molecule has 3 rings (SSSR count). The number of rotatable bonds is 5. The third-order valence-corrected chi connectivity index (χ3v) is 6.39. The van der Waals surface area contributed by atoms with Gasteiger partial charge in [-0.25, -0.2) is 0 Å². The summed E-state index contributed by atoms with van der Waals surface area (Å²) in [6, 6.07) is 9.01. The molecular weight excluding hydrogens is 292 g/mol. The van der Waals surface area contributed by atoms with Gasteiger partial charge in [0.15, 0.2) is 0 Å². The first-order valence-electron chi connectivity index (χ1n) is 9.76. The van der Waals surface area contributed by atoms with E-state index in [-0.39, 0.29) is 5.41 Å². The Morgan fingerprint density at radius 3 is 2.46 bits per heavy atom. The van der Waals surface area contributed by atoms with E-state index >= 15 is 0 Å². The molecule has 1 saturated heterocycles. The maximum absolute atomic E-state index is 2.68. The Hall–Kier alpha value is -0.930. The number of hydrogen-bond donors (Lipinski definition) is 0. The molecule has 0 saturated carbocycles. The summed E-state index contributed by atoms with van der Waals surface area (Å²) in [6.45, 7) is 14.0. The quantitative estimate of drug-likeness (QED) is 0.594. The van der Waals surface area contributed by atoms with E-state index in [1.54, 1.807) is 0 Å². The summed E-state index contributed by atoms with van der Waals surface area (Å²) in [4.78, 5) is 5.25. The molecule has 0 aromatic heterocycles. The van der Waals surface area contributed by atoms with Crippen LogP contribution in [-0.2, 0) is 5.41 Å². The molecule has 2 heterocycles. The Morgan fingerprint density at radius 1 is 1.04 bits per heavy atom. The Kier molecular flexibility index (Phi) is 5.04. The van der Waals surface area contributed by atoms with Crippen LogP contribution >= 0.6 is 0 Å². The maximum atomic E-state index is 2.68. The highest BCUT2D eigenvalue weighted by atomic mass is 15.4. The highest BCUT2D eigenvalue weighted by Gasteiger charge is 2.55. The molecule has 24 heavy (non-hydrogen) atoms. The van der Waals surface area contributed by atoms with Crippen LogP contribution in [0.4, 0.5) is 5.69 Å². The molecule has 1 atom stereocenters. The number of fused-ring (bicyclic) bond motifs is 3. The van der Waals surface area contributed by atoms with Crippen molar-refractivity contribution in [2.75, 3.05) is 18.4 Å². The fraction of sp³-hybridized carbons (Fsp3) is 0.684.